The number of carbonyl (C=O) groups excluding carboxylic acids is 2. The third-order valence-electron chi connectivity index (χ3n) is 5.98. The van der Waals surface area contributed by atoms with Crippen LogP contribution in [-0.4, -0.2) is 43.2 Å². The number of anilines is 3. The summed E-state index contributed by atoms with van der Waals surface area (Å²) in [5.74, 6) is 0.663. The maximum absolute atomic E-state index is 13.2. The van der Waals surface area contributed by atoms with E-state index >= 15 is 0 Å². The molecule has 1 fully saturated rings. The lowest BCUT2D eigenvalue weighted by Crippen LogP contribution is -2.48. The van der Waals surface area contributed by atoms with Gasteiger partial charge in [-0.05, 0) is 43.4 Å². The monoisotopic (exact) mass is 449 g/mol. The second kappa shape index (κ2) is 10.4. The van der Waals surface area contributed by atoms with Crippen molar-refractivity contribution < 1.29 is 14.3 Å². The Balaban J connectivity index is 1.46. The molecule has 4 rings (SSSR count). The van der Waals surface area contributed by atoms with E-state index in [9.17, 15) is 9.59 Å². The Morgan fingerprint density at radius 2 is 2.06 bits per heavy atom. The van der Waals surface area contributed by atoms with Gasteiger partial charge in [0.25, 0.3) is 0 Å². The number of benzene rings is 1. The normalized spacial score (nSPS) is 16.1. The van der Waals surface area contributed by atoms with E-state index in [0.29, 0.717) is 30.3 Å². The van der Waals surface area contributed by atoms with E-state index in [0.717, 1.165) is 25.1 Å². The summed E-state index contributed by atoms with van der Waals surface area (Å²) in [4.78, 5) is 33.6. The fourth-order valence-electron chi connectivity index (χ4n) is 4.20. The maximum atomic E-state index is 13.2. The van der Waals surface area contributed by atoms with Gasteiger partial charge < -0.3 is 20.3 Å². The van der Waals surface area contributed by atoms with Crippen LogP contribution in [-0.2, 0) is 4.79 Å². The van der Waals surface area contributed by atoms with Crippen molar-refractivity contribution in [1.29, 1.82) is 0 Å². The van der Waals surface area contributed by atoms with Gasteiger partial charge in [-0.25, -0.2) is 9.78 Å². The average Bonchev–Trinajstić information content (AvgIpc) is 3.37. The first kappa shape index (κ1) is 22.6. The van der Waals surface area contributed by atoms with E-state index in [-0.39, 0.29) is 24.5 Å². The smallest absolute Gasteiger partial charge is 0.324 e. The standard InChI is InChI=1S/C25H31N5O3/c1-3-5-14-33-20-15-22-24(26-16-20)30(17-23(31)27-22)25(32)28-21(4-2)18-8-10-19(11-9-18)29-12-6-7-13-29/h3,8-11,15-16,21H,1,4-7,12-14,17H2,2H3,(H,27,31)(H,28,32). The van der Waals surface area contributed by atoms with E-state index in [1.54, 1.807) is 18.3 Å². The van der Waals surface area contributed by atoms with Gasteiger partial charge in [0, 0.05) is 24.8 Å². The van der Waals surface area contributed by atoms with Crippen LogP contribution in [0.15, 0.2) is 49.2 Å². The van der Waals surface area contributed by atoms with Crippen molar-refractivity contribution in [3.63, 3.8) is 0 Å². The number of urea groups is 1. The molecule has 1 atom stereocenters. The van der Waals surface area contributed by atoms with E-state index in [1.165, 1.54) is 23.4 Å². The van der Waals surface area contributed by atoms with Crippen molar-refractivity contribution in [1.82, 2.24) is 10.3 Å². The topological polar surface area (TPSA) is 86.8 Å². The highest BCUT2D eigenvalue weighted by atomic mass is 16.5. The number of fused-ring (bicyclic) bond motifs is 1. The summed E-state index contributed by atoms with van der Waals surface area (Å²) in [5, 5.41) is 5.85. The van der Waals surface area contributed by atoms with Crippen LogP contribution in [0, 0.1) is 0 Å². The Hall–Kier alpha value is -3.55. The molecule has 0 aliphatic carbocycles. The zero-order valence-corrected chi connectivity index (χ0v) is 19.0. The number of ether oxygens (including phenoxy) is 1. The number of aromatic nitrogens is 1. The predicted molar refractivity (Wildman–Crippen MR) is 130 cm³/mol. The fraction of sp³-hybridized carbons (Fsp3) is 0.400. The minimum absolute atomic E-state index is 0.0904. The molecule has 0 bridgehead atoms. The molecular weight excluding hydrogens is 418 g/mol. The van der Waals surface area contributed by atoms with Crippen molar-refractivity contribution in [3.05, 3.63) is 54.7 Å². The quantitative estimate of drug-likeness (QED) is 0.465. The molecule has 3 amide bonds. The summed E-state index contributed by atoms with van der Waals surface area (Å²) < 4.78 is 5.62. The van der Waals surface area contributed by atoms with Gasteiger partial charge in [-0.15, -0.1) is 6.58 Å². The minimum atomic E-state index is -0.352. The van der Waals surface area contributed by atoms with E-state index < -0.39 is 0 Å². The van der Waals surface area contributed by atoms with E-state index in [4.69, 9.17) is 4.74 Å². The third-order valence-corrected chi connectivity index (χ3v) is 5.98. The maximum Gasteiger partial charge on any atom is 0.324 e. The Labute approximate surface area is 194 Å². The lowest BCUT2D eigenvalue weighted by molar-refractivity contribution is -0.115. The van der Waals surface area contributed by atoms with Crippen LogP contribution in [0.25, 0.3) is 0 Å². The zero-order valence-electron chi connectivity index (χ0n) is 19.0. The van der Waals surface area contributed by atoms with Gasteiger partial charge in [-0.2, -0.15) is 0 Å². The number of rotatable bonds is 8. The Morgan fingerprint density at radius 3 is 2.76 bits per heavy atom. The lowest BCUT2D eigenvalue weighted by atomic mass is 10.0. The highest BCUT2D eigenvalue weighted by Crippen LogP contribution is 2.31. The highest BCUT2D eigenvalue weighted by Gasteiger charge is 2.30. The molecule has 33 heavy (non-hydrogen) atoms. The summed E-state index contributed by atoms with van der Waals surface area (Å²) in [6.07, 6.45) is 7.23. The lowest BCUT2D eigenvalue weighted by Gasteiger charge is -2.30. The molecule has 3 heterocycles. The van der Waals surface area contributed by atoms with Crippen molar-refractivity contribution in [2.24, 2.45) is 0 Å². The first-order valence-corrected chi connectivity index (χ1v) is 11.6. The first-order chi connectivity index (χ1) is 16.1. The number of hydrogen-bond acceptors (Lipinski definition) is 5. The van der Waals surface area contributed by atoms with Crippen molar-refractivity contribution in [3.8, 4) is 5.75 Å². The molecule has 1 aromatic heterocycles. The van der Waals surface area contributed by atoms with Gasteiger partial charge in [0.1, 0.15) is 12.3 Å². The molecule has 2 aliphatic heterocycles. The average molecular weight is 450 g/mol. The number of carbonyl (C=O) groups is 2. The second-order valence-electron chi connectivity index (χ2n) is 8.30. The van der Waals surface area contributed by atoms with Gasteiger partial charge in [-0.3, -0.25) is 9.69 Å². The molecule has 174 valence electrons. The molecule has 0 spiro atoms. The van der Waals surface area contributed by atoms with Gasteiger partial charge in [0.2, 0.25) is 5.91 Å². The molecule has 8 nitrogen and oxygen atoms in total. The first-order valence-electron chi connectivity index (χ1n) is 11.6. The largest absolute Gasteiger partial charge is 0.492 e. The van der Waals surface area contributed by atoms with Crippen LogP contribution in [0.4, 0.5) is 22.0 Å². The predicted octanol–water partition coefficient (Wildman–Crippen LogP) is 4.26. The molecule has 0 saturated carbocycles. The highest BCUT2D eigenvalue weighted by molar-refractivity contribution is 6.08. The molecule has 2 N–H and O–H groups in total. The van der Waals surface area contributed by atoms with Crippen molar-refractivity contribution in [2.45, 2.75) is 38.6 Å². The van der Waals surface area contributed by atoms with Gasteiger partial charge in [-0.1, -0.05) is 25.1 Å². The summed E-state index contributed by atoms with van der Waals surface area (Å²) in [7, 11) is 0. The Kier molecular flexibility index (Phi) is 7.12. The molecule has 8 heteroatoms. The van der Waals surface area contributed by atoms with Crippen LogP contribution >= 0.6 is 0 Å². The number of nitrogens with zero attached hydrogens (tertiary/aromatic N) is 3. The molecule has 1 aromatic carbocycles. The van der Waals surface area contributed by atoms with Crippen LogP contribution in [0.1, 0.15) is 44.2 Å². The summed E-state index contributed by atoms with van der Waals surface area (Å²) in [6.45, 7) is 8.27. The second-order valence-corrected chi connectivity index (χ2v) is 8.30. The van der Waals surface area contributed by atoms with Crippen LogP contribution in [0.2, 0.25) is 0 Å². The molecule has 2 aromatic rings. The van der Waals surface area contributed by atoms with Crippen LogP contribution in [0.5, 0.6) is 5.75 Å². The zero-order chi connectivity index (χ0) is 23.2. The number of pyridine rings is 1. The third kappa shape index (κ3) is 5.27. The summed E-state index contributed by atoms with van der Waals surface area (Å²) >= 11 is 0. The summed E-state index contributed by atoms with van der Waals surface area (Å²) in [5.41, 5.74) is 2.71. The molecule has 0 radical (unpaired) electrons. The summed E-state index contributed by atoms with van der Waals surface area (Å²) in [6, 6.07) is 9.56. The fourth-order valence-corrected chi connectivity index (χ4v) is 4.20. The van der Waals surface area contributed by atoms with Gasteiger partial charge >= 0.3 is 6.03 Å². The molecule has 1 saturated heterocycles. The van der Waals surface area contributed by atoms with Gasteiger partial charge in [0.15, 0.2) is 5.82 Å². The van der Waals surface area contributed by atoms with Crippen molar-refractivity contribution >= 4 is 29.1 Å². The Bertz CT molecular complexity index is 1000. The van der Waals surface area contributed by atoms with Gasteiger partial charge in [0.05, 0.1) is 24.5 Å². The molecule has 1 unspecified atom stereocenters. The van der Waals surface area contributed by atoms with E-state index in [2.05, 4.69) is 51.4 Å². The number of hydrogen-bond donors (Lipinski definition) is 2. The Morgan fingerprint density at radius 1 is 1.30 bits per heavy atom. The van der Waals surface area contributed by atoms with E-state index in [1.807, 2.05) is 6.92 Å². The number of amides is 3. The minimum Gasteiger partial charge on any atom is -0.492 e. The van der Waals surface area contributed by atoms with Crippen molar-refractivity contribution in [2.75, 3.05) is 41.4 Å². The number of nitrogens with one attached hydrogen (secondary N) is 2. The SMILES string of the molecule is C=CCCOc1cnc2c(c1)NC(=O)CN2C(=O)NC(CC)c1ccc(N2CCCC2)cc1. The molecular formula is C25H31N5O3. The molecule has 2 aliphatic rings. The van der Waals surface area contributed by atoms with Crippen LogP contribution < -0.4 is 25.2 Å². The van der Waals surface area contributed by atoms with Crippen LogP contribution in [0.3, 0.4) is 0 Å².